The molecule has 3 heteroatoms. The van der Waals surface area contributed by atoms with E-state index in [1.54, 1.807) is 0 Å². The first-order valence-electron chi connectivity index (χ1n) is 4.72. The molecule has 2 unspecified atom stereocenters. The predicted molar refractivity (Wildman–Crippen MR) is 57.0 cm³/mol. The van der Waals surface area contributed by atoms with Gasteiger partial charge in [0.15, 0.2) is 0 Å². The van der Waals surface area contributed by atoms with Crippen molar-refractivity contribution in [2.75, 3.05) is 13.6 Å². The van der Waals surface area contributed by atoms with E-state index in [1.165, 1.54) is 16.9 Å². The Bertz CT molecular complexity index is 293. The van der Waals surface area contributed by atoms with Crippen LogP contribution in [0.15, 0.2) is 11.4 Å². The van der Waals surface area contributed by atoms with Gasteiger partial charge in [-0.15, -0.1) is 11.3 Å². The summed E-state index contributed by atoms with van der Waals surface area (Å²) in [6.07, 6.45) is 1.19. The van der Waals surface area contributed by atoms with Gasteiger partial charge in [0.05, 0.1) is 6.04 Å². The molecule has 0 saturated heterocycles. The molecule has 0 saturated carbocycles. The lowest BCUT2D eigenvalue weighted by Gasteiger charge is -2.35. The largest absolute Gasteiger partial charge is 0.326 e. The Morgan fingerprint density at radius 1 is 1.69 bits per heavy atom. The van der Waals surface area contributed by atoms with E-state index in [0.29, 0.717) is 6.04 Å². The average molecular weight is 196 g/mol. The fourth-order valence-electron chi connectivity index (χ4n) is 2.16. The lowest BCUT2D eigenvalue weighted by atomic mass is 9.96. The molecule has 2 atom stereocenters. The molecule has 1 aliphatic heterocycles. The molecule has 2 nitrogen and oxygen atoms in total. The number of fused-ring (bicyclic) bond motifs is 1. The Balaban J connectivity index is 2.36. The molecule has 72 valence electrons. The maximum atomic E-state index is 5.99. The summed E-state index contributed by atoms with van der Waals surface area (Å²) in [5, 5.41) is 2.18. The van der Waals surface area contributed by atoms with Gasteiger partial charge in [-0.25, -0.2) is 0 Å². The summed E-state index contributed by atoms with van der Waals surface area (Å²) in [6, 6.07) is 2.87. The van der Waals surface area contributed by atoms with E-state index in [0.717, 1.165) is 6.54 Å². The Morgan fingerprint density at radius 2 is 2.46 bits per heavy atom. The molecule has 2 heterocycles. The fourth-order valence-corrected chi connectivity index (χ4v) is 3.07. The van der Waals surface area contributed by atoms with E-state index in [2.05, 4.69) is 30.3 Å². The molecule has 0 spiro atoms. The minimum Gasteiger partial charge on any atom is -0.326 e. The van der Waals surface area contributed by atoms with E-state index in [1.807, 2.05) is 11.3 Å². The van der Waals surface area contributed by atoms with Crippen LogP contribution in [0.3, 0.4) is 0 Å². The molecule has 0 fully saturated rings. The quantitative estimate of drug-likeness (QED) is 0.739. The number of nitrogens with zero attached hydrogens (tertiary/aromatic N) is 1. The minimum atomic E-state index is 0.221. The first-order valence-corrected chi connectivity index (χ1v) is 5.60. The van der Waals surface area contributed by atoms with Crippen LogP contribution in [0.2, 0.25) is 0 Å². The number of rotatable bonds is 1. The third-order valence-corrected chi connectivity index (χ3v) is 3.76. The molecule has 1 aromatic rings. The van der Waals surface area contributed by atoms with Crippen LogP contribution in [-0.4, -0.2) is 24.5 Å². The van der Waals surface area contributed by atoms with Crippen molar-refractivity contribution in [2.24, 2.45) is 5.73 Å². The highest BCUT2D eigenvalue weighted by Gasteiger charge is 2.27. The van der Waals surface area contributed by atoms with Gasteiger partial charge < -0.3 is 5.73 Å². The third-order valence-electron chi connectivity index (χ3n) is 2.76. The van der Waals surface area contributed by atoms with Crippen molar-refractivity contribution in [3.8, 4) is 0 Å². The molecule has 2 rings (SSSR count). The summed E-state index contributed by atoms with van der Waals surface area (Å²) < 4.78 is 0. The Labute approximate surface area is 83.4 Å². The first-order chi connectivity index (χ1) is 6.20. The van der Waals surface area contributed by atoms with Crippen LogP contribution >= 0.6 is 11.3 Å². The van der Waals surface area contributed by atoms with Gasteiger partial charge in [-0.1, -0.05) is 0 Å². The van der Waals surface area contributed by atoms with Crippen molar-refractivity contribution < 1.29 is 0 Å². The number of hydrogen-bond acceptors (Lipinski definition) is 3. The van der Waals surface area contributed by atoms with Gasteiger partial charge in [0, 0.05) is 17.5 Å². The number of nitrogens with two attached hydrogens (primary N) is 1. The molecule has 0 aliphatic carbocycles. The number of thiophene rings is 1. The van der Waals surface area contributed by atoms with Crippen molar-refractivity contribution in [2.45, 2.75) is 25.4 Å². The predicted octanol–water partition coefficient (Wildman–Crippen LogP) is 1.62. The monoisotopic (exact) mass is 196 g/mol. The van der Waals surface area contributed by atoms with Crippen LogP contribution in [0.25, 0.3) is 0 Å². The summed E-state index contributed by atoms with van der Waals surface area (Å²) in [5.41, 5.74) is 7.45. The molecule has 1 aliphatic rings. The van der Waals surface area contributed by atoms with Gasteiger partial charge in [-0.3, -0.25) is 4.90 Å². The van der Waals surface area contributed by atoms with Crippen LogP contribution in [-0.2, 0) is 6.42 Å². The lowest BCUT2D eigenvalue weighted by molar-refractivity contribution is 0.208. The molecular formula is C10H16N2S. The van der Waals surface area contributed by atoms with Crippen LogP contribution in [0.4, 0.5) is 0 Å². The fraction of sp³-hybridized carbons (Fsp3) is 0.600. The van der Waals surface area contributed by atoms with E-state index in [4.69, 9.17) is 5.73 Å². The molecular weight excluding hydrogens is 180 g/mol. The van der Waals surface area contributed by atoms with Crippen molar-refractivity contribution in [1.29, 1.82) is 0 Å². The highest BCUT2D eigenvalue weighted by Crippen LogP contribution is 2.33. The maximum absolute atomic E-state index is 5.99. The van der Waals surface area contributed by atoms with Crippen LogP contribution in [0.5, 0.6) is 0 Å². The van der Waals surface area contributed by atoms with Gasteiger partial charge in [0.1, 0.15) is 0 Å². The third kappa shape index (κ3) is 1.52. The summed E-state index contributed by atoms with van der Waals surface area (Å²) in [5.74, 6) is 0. The zero-order valence-electron chi connectivity index (χ0n) is 8.16. The number of likely N-dealkylation sites (N-methyl/N-ethyl adjacent to an activating group) is 1. The van der Waals surface area contributed by atoms with Crippen molar-refractivity contribution in [3.63, 3.8) is 0 Å². The highest BCUT2D eigenvalue weighted by atomic mass is 32.1. The van der Waals surface area contributed by atoms with Gasteiger partial charge in [0.25, 0.3) is 0 Å². The highest BCUT2D eigenvalue weighted by molar-refractivity contribution is 7.10. The Hall–Kier alpha value is -0.380. The smallest absolute Gasteiger partial charge is 0.0504 e. The average Bonchev–Trinajstić information content (AvgIpc) is 2.50. The van der Waals surface area contributed by atoms with Crippen molar-refractivity contribution in [1.82, 2.24) is 4.90 Å². The minimum absolute atomic E-state index is 0.221. The summed E-state index contributed by atoms with van der Waals surface area (Å²) in [7, 11) is 2.16. The second-order valence-corrected chi connectivity index (χ2v) is 4.83. The van der Waals surface area contributed by atoms with Gasteiger partial charge in [-0.2, -0.15) is 0 Å². The van der Waals surface area contributed by atoms with Gasteiger partial charge in [0.2, 0.25) is 0 Å². The molecule has 0 radical (unpaired) electrons. The van der Waals surface area contributed by atoms with E-state index in [9.17, 15) is 0 Å². The summed E-state index contributed by atoms with van der Waals surface area (Å²) in [4.78, 5) is 3.89. The Morgan fingerprint density at radius 3 is 3.15 bits per heavy atom. The molecule has 2 N–H and O–H groups in total. The van der Waals surface area contributed by atoms with E-state index in [-0.39, 0.29) is 6.04 Å². The Kier molecular flexibility index (Phi) is 2.41. The zero-order chi connectivity index (χ0) is 9.42. The summed E-state index contributed by atoms with van der Waals surface area (Å²) >= 11 is 1.87. The van der Waals surface area contributed by atoms with Crippen LogP contribution in [0, 0.1) is 0 Å². The van der Waals surface area contributed by atoms with Gasteiger partial charge in [-0.05, 0) is 37.4 Å². The van der Waals surface area contributed by atoms with Crippen LogP contribution < -0.4 is 5.73 Å². The molecule has 13 heavy (non-hydrogen) atoms. The van der Waals surface area contributed by atoms with E-state index >= 15 is 0 Å². The van der Waals surface area contributed by atoms with Crippen molar-refractivity contribution in [3.05, 3.63) is 21.9 Å². The van der Waals surface area contributed by atoms with Gasteiger partial charge >= 0.3 is 0 Å². The normalized spacial score (nSPS) is 25.6. The molecule has 0 amide bonds. The summed E-state index contributed by atoms with van der Waals surface area (Å²) in [6.45, 7) is 3.23. The van der Waals surface area contributed by atoms with Crippen LogP contribution in [0.1, 0.15) is 23.4 Å². The van der Waals surface area contributed by atoms with E-state index < -0.39 is 0 Å². The zero-order valence-corrected chi connectivity index (χ0v) is 8.97. The topological polar surface area (TPSA) is 29.3 Å². The maximum Gasteiger partial charge on any atom is 0.0504 e. The second-order valence-electron chi connectivity index (χ2n) is 3.83. The standard InChI is InChI=1S/C10H16N2S/c1-7(11)10-8-4-6-13-9(8)3-5-12(10)2/h4,6-7,10H,3,5,11H2,1-2H3. The second kappa shape index (κ2) is 3.40. The molecule has 0 aromatic carbocycles. The molecule has 1 aromatic heterocycles. The van der Waals surface area contributed by atoms with Crippen molar-refractivity contribution >= 4 is 11.3 Å². The first kappa shape index (κ1) is 9.19. The number of hydrogen-bond donors (Lipinski definition) is 1. The SMILES string of the molecule is CC(N)C1c2ccsc2CCN1C. The molecule has 0 bridgehead atoms. The lowest BCUT2D eigenvalue weighted by Crippen LogP contribution is -2.40.